The standard InChI is InChI=1S/C12H25NOS/c1-4-12(5-2,15-3)10-13-9-11-7-6-8-14-11/h11,13H,4-10H2,1-3H3. The highest BCUT2D eigenvalue weighted by Gasteiger charge is 2.25. The Morgan fingerprint density at radius 2 is 2.13 bits per heavy atom. The topological polar surface area (TPSA) is 21.3 Å². The predicted molar refractivity (Wildman–Crippen MR) is 68.7 cm³/mol. The fourth-order valence-electron chi connectivity index (χ4n) is 2.13. The minimum atomic E-state index is 0.429. The van der Waals surface area contributed by atoms with Gasteiger partial charge in [-0.3, -0.25) is 0 Å². The Balaban J connectivity index is 2.21. The van der Waals surface area contributed by atoms with Crippen molar-refractivity contribution in [3.05, 3.63) is 0 Å². The maximum atomic E-state index is 5.60. The molecule has 1 fully saturated rings. The normalized spacial score (nSPS) is 22.2. The average molecular weight is 231 g/mol. The van der Waals surface area contributed by atoms with Crippen LogP contribution in [-0.4, -0.2) is 36.8 Å². The van der Waals surface area contributed by atoms with E-state index >= 15 is 0 Å². The van der Waals surface area contributed by atoms with Gasteiger partial charge in [-0.15, -0.1) is 0 Å². The number of nitrogens with one attached hydrogen (secondary N) is 1. The lowest BCUT2D eigenvalue weighted by Crippen LogP contribution is -2.39. The molecule has 2 nitrogen and oxygen atoms in total. The molecular formula is C12H25NOS. The van der Waals surface area contributed by atoms with Crippen LogP contribution in [0.4, 0.5) is 0 Å². The van der Waals surface area contributed by atoms with Crippen molar-refractivity contribution in [2.45, 2.75) is 50.4 Å². The molecule has 0 spiro atoms. The Bertz CT molecular complexity index is 157. The molecule has 90 valence electrons. The molecule has 0 saturated carbocycles. The van der Waals surface area contributed by atoms with Gasteiger partial charge in [0, 0.05) is 24.4 Å². The summed E-state index contributed by atoms with van der Waals surface area (Å²) >= 11 is 2.00. The van der Waals surface area contributed by atoms with Gasteiger partial charge in [0.15, 0.2) is 0 Å². The molecule has 1 heterocycles. The van der Waals surface area contributed by atoms with Gasteiger partial charge in [0.25, 0.3) is 0 Å². The molecule has 1 N–H and O–H groups in total. The maximum absolute atomic E-state index is 5.60. The van der Waals surface area contributed by atoms with Crippen molar-refractivity contribution >= 4 is 11.8 Å². The van der Waals surface area contributed by atoms with Gasteiger partial charge in [-0.05, 0) is 31.9 Å². The second-order valence-electron chi connectivity index (χ2n) is 4.36. The van der Waals surface area contributed by atoms with Crippen molar-refractivity contribution in [1.82, 2.24) is 5.32 Å². The zero-order chi connectivity index (χ0) is 11.1. The Labute approximate surface area is 98.5 Å². The van der Waals surface area contributed by atoms with Crippen LogP contribution in [0.1, 0.15) is 39.5 Å². The summed E-state index contributed by atoms with van der Waals surface area (Å²) < 4.78 is 6.03. The predicted octanol–water partition coefficient (Wildman–Crippen LogP) is 2.68. The molecule has 1 atom stereocenters. The van der Waals surface area contributed by atoms with Crippen LogP contribution in [0.25, 0.3) is 0 Å². The van der Waals surface area contributed by atoms with E-state index in [-0.39, 0.29) is 0 Å². The summed E-state index contributed by atoms with van der Waals surface area (Å²) in [6.45, 7) is 7.67. The van der Waals surface area contributed by atoms with E-state index in [9.17, 15) is 0 Å². The van der Waals surface area contributed by atoms with Gasteiger partial charge in [-0.25, -0.2) is 0 Å². The summed E-state index contributed by atoms with van der Waals surface area (Å²) in [5.41, 5.74) is 0. The van der Waals surface area contributed by atoms with E-state index in [2.05, 4.69) is 25.4 Å². The lowest BCUT2D eigenvalue weighted by atomic mass is 10.0. The molecule has 0 aromatic heterocycles. The van der Waals surface area contributed by atoms with Gasteiger partial charge in [-0.1, -0.05) is 13.8 Å². The smallest absolute Gasteiger partial charge is 0.0700 e. The quantitative estimate of drug-likeness (QED) is 0.728. The molecule has 3 heteroatoms. The Hall–Kier alpha value is 0.270. The third-order valence-electron chi connectivity index (χ3n) is 3.56. The largest absolute Gasteiger partial charge is 0.377 e. The number of ether oxygens (including phenoxy) is 1. The third-order valence-corrected chi connectivity index (χ3v) is 5.15. The van der Waals surface area contributed by atoms with Crippen LogP contribution >= 0.6 is 11.8 Å². The molecule has 1 aliphatic heterocycles. The van der Waals surface area contributed by atoms with Crippen LogP contribution < -0.4 is 5.32 Å². The molecule has 0 bridgehead atoms. The second-order valence-corrected chi connectivity index (χ2v) is 5.63. The van der Waals surface area contributed by atoms with E-state index in [1.807, 2.05) is 11.8 Å². The summed E-state index contributed by atoms with van der Waals surface area (Å²) in [5, 5.41) is 3.58. The summed E-state index contributed by atoms with van der Waals surface area (Å²) in [6, 6.07) is 0. The van der Waals surface area contributed by atoms with Crippen molar-refractivity contribution in [3.63, 3.8) is 0 Å². The highest BCUT2D eigenvalue weighted by Crippen LogP contribution is 2.29. The van der Waals surface area contributed by atoms with Gasteiger partial charge in [0.2, 0.25) is 0 Å². The van der Waals surface area contributed by atoms with E-state index in [0.717, 1.165) is 19.7 Å². The molecule has 1 aliphatic rings. The van der Waals surface area contributed by atoms with Crippen LogP contribution in [0.3, 0.4) is 0 Å². The highest BCUT2D eigenvalue weighted by atomic mass is 32.2. The lowest BCUT2D eigenvalue weighted by Gasteiger charge is -2.30. The molecule has 0 aliphatic carbocycles. The molecule has 0 aromatic rings. The summed E-state index contributed by atoms with van der Waals surface area (Å²) in [5.74, 6) is 0. The first kappa shape index (κ1) is 13.3. The van der Waals surface area contributed by atoms with E-state index in [4.69, 9.17) is 4.74 Å². The zero-order valence-electron chi connectivity index (χ0n) is 10.3. The van der Waals surface area contributed by atoms with Crippen molar-refractivity contribution in [1.29, 1.82) is 0 Å². The molecule has 1 unspecified atom stereocenters. The first-order valence-electron chi connectivity index (χ1n) is 6.14. The Kier molecular flexibility index (Phi) is 6.02. The molecule has 0 amide bonds. The number of thioether (sulfide) groups is 1. The fourth-order valence-corrected chi connectivity index (χ4v) is 2.95. The first-order chi connectivity index (χ1) is 7.26. The van der Waals surface area contributed by atoms with Crippen LogP contribution in [0.5, 0.6) is 0 Å². The SMILES string of the molecule is CCC(CC)(CNCC1CCCO1)SC. The van der Waals surface area contributed by atoms with E-state index in [0.29, 0.717) is 10.9 Å². The Morgan fingerprint density at radius 3 is 2.60 bits per heavy atom. The average Bonchev–Trinajstić information content (AvgIpc) is 2.78. The first-order valence-corrected chi connectivity index (χ1v) is 7.36. The number of hydrogen-bond acceptors (Lipinski definition) is 3. The van der Waals surface area contributed by atoms with Crippen LogP contribution in [0.2, 0.25) is 0 Å². The van der Waals surface area contributed by atoms with Crippen LogP contribution in [0, 0.1) is 0 Å². The second kappa shape index (κ2) is 6.77. The van der Waals surface area contributed by atoms with Crippen molar-refractivity contribution in [2.24, 2.45) is 0 Å². The van der Waals surface area contributed by atoms with E-state index < -0.39 is 0 Å². The summed E-state index contributed by atoms with van der Waals surface area (Å²) in [4.78, 5) is 0. The molecule has 1 saturated heterocycles. The van der Waals surface area contributed by atoms with E-state index in [1.165, 1.54) is 25.7 Å². The van der Waals surface area contributed by atoms with Gasteiger partial charge >= 0.3 is 0 Å². The van der Waals surface area contributed by atoms with Crippen molar-refractivity contribution < 1.29 is 4.74 Å². The van der Waals surface area contributed by atoms with Crippen molar-refractivity contribution in [3.8, 4) is 0 Å². The summed E-state index contributed by atoms with van der Waals surface area (Å²) in [7, 11) is 0. The number of hydrogen-bond donors (Lipinski definition) is 1. The van der Waals surface area contributed by atoms with Gasteiger partial charge in [0.05, 0.1) is 6.10 Å². The number of rotatable bonds is 7. The van der Waals surface area contributed by atoms with Crippen molar-refractivity contribution in [2.75, 3.05) is 26.0 Å². The minimum absolute atomic E-state index is 0.429. The van der Waals surface area contributed by atoms with Gasteiger partial charge in [0.1, 0.15) is 0 Å². The van der Waals surface area contributed by atoms with Gasteiger partial charge < -0.3 is 10.1 Å². The molecule has 0 radical (unpaired) electrons. The highest BCUT2D eigenvalue weighted by molar-refractivity contribution is 8.00. The zero-order valence-corrected chi connectivity index (χ0v) is 11.2. The van der Waals surface area contributed by atoms with Crippen LogP contribution in [0.15, 0.2) is 0 Å². The summed E-state index contributed by atoms with van der Waals surface area (Å²) in [6.07, 6.45) is 7.64. The monoisotopic (exact) mass is 231 g/mol. The maximum Gasteiger partial charge on any atom is 0.0700 e. The molecule has 1 rings (SSSR count). The minimum Gasteiger partial charge on any atom is -0.377 e. The fraction of sp³-hybridized carbons (Fsp3) is 1.00. The molecule has 0 aromatic carbocycles. The van der Waals surface area contributed by atoms with E-state index in [1.54, 1.807) is 0 Å². The lowest BCUT2D eigenvalue weighted by molar-refractivity contribution is 0.109. The Morgan fingerprint density at radius 1 is 1.40 bits per heavy atom. The molecule has 15 heavy (non-hydrogen) atoms. The van der Waals surface area contributed by atoms with Crippen LogP contribution in [-0.2, 0) is 4.74 Å². The van der Waals surface area contributed by atoms with Gasteiger partial charge in [-0.2, -0.15) is 11.8 Å². The third kappa shape index (κ3) is 3.97. The molecular weight excluding hydrogens is 206 g/mol.